The van der Waals surface area contributed by atoms with E-state index in [0.29, 0.717) is 11.2 Å². The molecule has 1 aromatic rings. The molecule has 0 aromatic carbocycles. The third-order valence-corrected chi connectivity index (χ3v) is 4.41. The van der Waals surface area contributed by atoms with Crippen LogP contribution in [0.5, 0.6) is 0 Å². The van der Waals surface area contributed by atoms with E-state index in [1.54, 1.807) is 16.4 Å². The number of thioether (sulfide) groups is 1. The van der Waals surface area contributed by atoms with Gasteiger partial charge in [0.05, 0.1) is 0 Å². The van der Waals surface area contributed by atoms with E-state index in [1.165, 1.54) is 12.8 Å². The SMILES string of the molecule is CCC[C@H](C)Sc1nnc(C2CCOCC2)n1N. The van der Waals surface area contributed by atoms with E-state index in [4.69, 9.17) is 10.6 Å². The molecule has 2 rings (SSSR count). The average molecular weight is 270 g/mol. The number of nitrogens with two attached hydrogens (primary N) is 1. The molecule has 1 aliphatic heterocycles. The molecule has 1 atom stereocenters. The molecule has 0 amide bonds. The lowest BCUT2D eigenvalue weighted by molar-refractivity contribution is 0.0830. The van der Waals surface area contributed by atoms with Crippen molar-refractivity contribution < 1.29 is 4.74 Å². The Kier molecular flexibility index (Phi) is 4.88. The van der Waals surface area contributed by atoms with E-state index in [0.717, 1.165) is 37.0 Å². The van der Waals surface area contributed by atoms with Crippen molar-refractivity contribution in [3.05, 3.63) is 5.82 Å². The highest BCUT2D eigenvalue weighted by atomic mass is 32.2. The van der Waals surface area contributed by atoms with Gasteiger partial charge in [0.25, 0.3) is 0 Å². The second kappa shape index (κ2) is 6.43. The van der Waals surface area contributed by atoms with Gasteiger partial charge < -0.3 is 10.6 Å². The Hall–Kier alpha value is -0.750. The topological polar surface area (TPSA) is 66.0 Å². The summed E-state index contributed by atoms with van der Waals surface area (Å²) < 4.78 is 7.03. The van der Waals surface area contributed by atoms with Crippen molar-refractivity contribution in [3.8, 4) is 0 Å². The number of hydrogen-bond acceptors (Lipinski definition) is 5. The van der Waals surface area contributed by atoms with Crippen LogP contribution < -0.4 is 5.84 Å². The zero-order chi connectivity index (χ0) is 13.0. The van der Waals surface area contributed by atoms with E-state index in [2.05, 4.69) is 24.0 Å². The minimum absolute atomic E-state index is 0.395. The third-order valence-electron chi connectivity index (χ3n) is 3.28. The van der Waals surface area contributed by atoms with Gasteiger partial charge in [0.1, 0.15) is 0 Å². The number of ether oxygens (including phenoxy) is 1. The fraction of sp³-hybridized carbons (Fsp3) is 0.833. The minimum Gasteiger partial charge on any atom is -0.381 e. The molecule has 0 spiro atoms. The first-order valence-corrected chi connectivity index (χ1v) is 7.55. The molecular formula is C12H22N4OS. The Bertz CT molecular complexity index is 376. The lowest BCUT2D eigenvalue weighted by atomic mass is 10.00. The molecule has 1 fully saturated rings. The molecule has 0 bridgehead atoms. The summed E-state index contributed by atoms with van der Waals surface area (Å²) in [5.74, 6) is 7.41. The maximum Gasteiger partial charge on any atom is 0.210 e. The van der Waals surface area contributed by atoms with Crippen molar-refractivity contribution in [1.82, 2.24) is 14.9 Å². The van der Waals surface area contributed by atoms with Crippen molar-refractivity contribution in [2.45, 2.75) is 55.9 Å². The van der Waals surface area contributed by atoms with Crippen molar-refractivity contribution in [2.75, 3.05) is 19.1 Å². The highest BCUT2D eigenvalue weighted by Gasteiger charge is 2.23. The van der Waals surface area contributed by atoms with E-state index in [9.17, 15) is 0 Å². The lowest BCUT2D eigenvalue weighted by Crippen LogP contribution is -2.22. The van der Waals surface area contributed by atoms with Gasteiger partial charge >= 0.3 is 0 Å². The molecular weight excluding hydrogens is 248 g/mol. The molecule has 1 aliphatic rings. The summed E-state index contributed by atoms with van der Waals surface area (Å²) in [6, 6.07) is 0. The van der Waals surface area contributed by atoms with Gasteiger partial charge in [0, 0.05) is 24.4 Å². The molecule has 0 radical (unpaired) electrons. The van der Waals surface area contributed by atoms with Crippen LogP contribution in [0.2, 0.25) is 0 Å². The molecule has 102 valence electrons. The highest BCUT2D eigenvalue weighted by molar-refractivity contribution is 7.99. The first-order valence-electron chi connectivity index (χ1n) is 6.67. The zero-order valence-corrected chi connectivity index (χ0v) is 11.9. The second-order valence-corrected chi connectivity index (χ2v) is 6.22. The Balaban J connectivity index is 2.03. The van der Waals surface area contributed by atoms with Crippen molar-refractivity contribution in [3.63, 3.8) is 0 Å². The average Bonchev–Trinajstić information content (AvgIpc) is 2.72. The monoisotopic (exact) mass is 270 g/mol. The van der Waals surface area contributed by atoms with E-state index >= 15 is 0 Å². The third kappa shape index (κ3) is 3.17. The molecule has 1 saturated heterocycles. The van der Waals surface area contributed by atoms with Crippen LogP contribution in [0, 0.1) is 0 Å². The van der Waals surface area contributed by atoms with Crippen molar-refractivity contribution in [1.29, 1.82) is 0 Å². The fourth-order valence-electron chi connectivity index (χ4n) is 2.25. The van der Waals surface area contributed by atoms with Crippen LogP contribution in [0.25, 0.3) is 0 Å². The summed E-state index contributed by atoms with van der Waals surface area (Å²) >= 11 is 1.71. The van der Waals surface area contributed by atoms with Crippen LogP contribution in [0.15, 0.2) is 5.16 Å². The summed E-state index contributed by atoms with van der Waals surface area (Å²) in [7, 11) is 0. The predicted molar refractivity (Wildman–Crippen MR) is 73.2 cm³/mol. The van der Waals surface area contributed by atoms with Gasteiger partial charge in [-0.2, -0.15) is 0 Å². The van der Waals surface area contributed by atoms with Gasteiger partial charge in [-0.05, 0) is 19.3 Å². The number of nitrogens with zero attached hydrogens (tertiary/aromatic N) is 3. The van der Waals surface area contributed by atoms with Gasteiger partial charge in [0.15, 0.2) is 5.82 Å². The number of hydrogen-bond donors (Lipinski definition) is 1. The first-order chi connectivity index (χ1) is 8.72. The second-order valence-electron chi connectivity index (χ2n) is 4.81. The minimum atomic E-state index is 0.395. The summed E-state index contributed by atoms with van der Waals surface area (Å²) in [4.78, 5) is 0. The van der Waals surface area contributed by atoms with Crippen LogP contribution in [0.4, 0.5) is 0 Å². The maximum atomic E-state index is 6.11. The van der Waals surface area contributed by atoms with E-state index in [-0.39, 0.29) is 0 Å². The Morgan fingerprint density at radius 3 is 2.83 bits per heavy atom. The number of rotatable bonds is 5. The van der Waals surface area contributed by atoms with Crippen LogP contribution in [0.3, 0.4) is 0 Å². The van der Waals surface area contributed by atoms with Crippen molar-refractivity contribution >= 4 is 11.8 Å². The van der Waals surface area contributed by atoms with Gasteiger partial charge in [-0.3, -0.25) is 0 Å². The largest absolute Gasteiger partial charge is 0.381 e. The summed E-state index contributed by atoms with van der Waals surface area (Å²) in [6.07, 6.45) is 4.33. The summed E-state index contributed by atoms with van der Waals surface area (Å²) in [5, 5.41) is 9.85. The fourth-order valence-corrected chi connectivity index (χ4v) is 3.26. The standard InChI is InChI=1S/C12H22N4OS/c1-3-4-9(2)18-12-15-14-11(16(12)13)10-5-7-17-8-6-10/h9-10H,3-8,13H2,1-2H3/t9-/m0/s1. The van der Waals surface area contributed by atoms with Crippen LogP contribution >= 0.6 is 11.8 Å². The number of nitrogen functional groups attached to an aromatic ring is 1. The van der Waals surface area contributed by atoms with Gasteiger partial charge in [-0.25, -0.2) is 4.68 Å². The summed E-state index contributed by atoms with van der Waals surface area (Å²) in [5.41, 5.74) is 0. The quantitative estimate of drug-likeness (QED) is 0.656. The number of aromatic nitrogens is 3. The molecule has 6 heteroatoms. The summed E-state index contributed by atoms with van der Waals surface area (Å²) in [6.45, 7) is 5.99. The van der Waals surface area contributed by atoms with Crippen LogP contribution in [-0.4, -0.2) is 33.3 Å². The molecule has 1 aromatic heterocycles. The Morgan fingerprint density at radius 1 is 1.44 bits per heavy atom. The molecule has 5 nitrogen and oxygen atoms in total. The van der Waals surface area contributed by atoms with E-state index in [1.807, 2.05) is 0 Å². The maximum absolute atomic E-state index is 6.11. The highest BCUT2D eigenvalue weighted by Crippen LogP contribution is 2.29. The van der Waals surface area contributed by atoms with Gasteiger partial charge in [-0.1, -0.05) is 32.0 Å². The smallest absolute Gasteiger partial charge is 0.210 e. The zero-order valence-electron chi connectivity index (χ0n) is 11.1. The van der Waals surface area contributed by atoms with Gasteiger partial charge in [0.2, 0.25) is 5.16 Å². The molecule has 0 saturated carbocycles. The molecule has 18 heavy (non-hydrogen) atoms. The molecule has 2 N–H and O–H groups in total. The van der Waals surface area contributed by atoms with Crippen molar-refractivity contribution in [2.24, 2.45) is 0 Å². The Labute approximate surface area is 112 Å². The van der Waals surface area contributed by atoms with E-state index < -0.39 is 0 Å². The Morgan fingerprint density at radius 2 is 2.17 bits per heavy atom. The normalized spacial score (nSPS) is 19.0. The van der Waals surface area contributed by atoms with Crippen LogP contribution in [-0.2, 0) is 4.74 Å². The molecule has 0 unspecified atom stereocenters. The van der Waals surface area contributed by atoms with Gasteiger partial charge in [-0.15, -0.1) is 10.2 Å². The lowest BCUT2D eigenvalue weighted by Gasteiger charge is -2.20. The van der Waals surface area contributed by atoms with Crippen LogP contribution in [0.1, 0.15) is 51.3 Å². The first kappa shape index (κ1) is 13.7. The molecule has 0 aliphatic carbocycles. The molecule has 2 heterocycles. The predicted octanol–water partition coefficient (Wildman–Crippen LogP) is 2.17.